The van der Waals surface area contributed by atoms with Gasteiger partial charge in [0.2, 0.25) is 5.71 Å². The number of rotatable bonds is 0. The first-order valence-corrected chi connectivity index (χ1v) is 5.95. The summed E-state index contributed by atoms with van der Waals surface area (Å²) >= 11 is 6.75. The zero-order valence-electron chi connectivity index (χ0n) is 9.14. The third-order valence-corrected chi connectivity index (χ3v) is 4.26. The maximum absolute atomic E-state index is 12.1. The minimum absolute atomic E-state index is 0.218. The second-order valence-corrected chi connectivity index (χ2v) is 6.57. The van der Waals surface area contributed by atoms with Gasteiger partial charge in [0.1, 0.15) is 10.5 Å². The van der Waals surface area contributed by atoms with Crippen LogP contribution in [0.3, 0.4) is 0 Å². The van der Waals surface area contributed by atoms with E-state index in [-0.39, 0.29) is 10.9 Å². The number of thioether (sulfide) groups is 1. The maximum Gasteiger partial charge on any atom is 0.273 e. The van der Waals surface area contributed by atoms with Crippen LogP contribution in [0.1, 0.15) is 27.7 Å². The van der Waals surface area contributed by atoms with E-state index in [1.807, 2.05) is 20.8 Å². The van der Waals surface area contributed by atoms with Crippen molar-refractivity contribution < 1.29 is 4.74 Å². The molecule has 1 saturated heterocycles. The number of hydrogen-bond donors (Lipinski definition) is 0. The Kier molecular flexibility index (Phi) is 2.31. The fourth-order valence-electron chi connectivity index (χ4n) is 1.77. The lowest BCUT2D eigenvalue weighted by Gasteiger charge is -2.30. The molecule has 0 spiro atoms. The van der Waals surface area contributed by atoms with Crippen molar-refractivity contribution in [3.05, 3.63) is 5.21 Å². The number of fused-ring (bicyclic) bond motifs is 1. The Balaban J connectivity index is 2.52. The van der Waals surface area contributed by atoms with Crippen LogP contribution in [0.15, 0.2) is 5.10 Å². The molecule has 82 valence electrons. The first-order chi connectivity index (χ1) is 6.84. The predicted molar refractivity (Wildman–Crippen MR) is 67.3 cm³/mol. The van der Waals surface area contributed by atoms with Gasteiger partial charge in [0.25, 0.3) is 6.17 Å². The van der Waals surface area contributed by atoms with Crippen molar-refractivity contribution in [1.29, 1.82) is 0 Å². The molecule has 2 aliphatic rings. The topological polar surface area (TPSA) is 41.7 Å². The number of hydrazone groups is 1. The molecule has 0 aliphatic carbocycles. The van der Waals surface area contributed by atoms with Gasteiger partial charge in [0, 0.05) is 6.92 Å². The van der Waals surface area contributed by atoms with Crippen LogP contribution in [0.2, 0.25) is 0 Å². The van der Waals surface area contributed by atoms with E-state index in [2.05, 4.69) is 5.10 Å². The molecule has 0 aromatic rings. The molecule has 4 nitrogen and oxygen atoms in total. The lowest BCUT2D eigenvalue weighted by Crippen LogP contribution is -2.51. The van der Waals surface area contributed by atoms with Gasteiger partial charge in [-0.3, -0.25) is 0 Å². The van der Waals surface area contributed by atoms with Gasteiger partial charge in [0.05, 0.1) is 0 Å². The molecule has 0 aromatic heterocycles. The Morgan fingerprint density at radius 1 is 1.53 bits per heavy atom. The van der Waals surface area contributed by atoms with Crippen LogP contribution >= 0.6 is 24.0 Å². The van der Waals surface area contributed by atoms with Crippen LogP contribution in [0.4, 0.5) is 0 Å². The predicted octanol–water partition coefficient (Wildman–Crippen LogP) is 1.79. The average molecular weight is 243 g/mol. The summed E-state index contributed by atoms with van der Waals surface area (Å²) in [6, 6.07) is 0. The van der Waals surface area contributed by atoms with Crippen LogP contribution in [0.5, 0.6) is 0 Å². The van der Waals surface area contributed by atoms with Gasteiger partial charge in [-0.15, -0.1) is 0 Å². The minimum Gasteiger partial charge on any atom is -0.622 e. The average Bonchev–Trinajstić information content (AvgIpc) is 2.33. The maximum atomic E-state index is 12.1. The molecular weight excluding hydrogens is 230 g/mol. The summed E-state index contributed by atoms with van der Waals surface area (Å²) in [6.07, 6.45) is -0.307. The molecule has 0 aromatic carbocycles. The second kappa shape index (κ2) is 3.18. The van der Waals surface area contributed by atoms with Crippen molar-refractivity contribution in [2.75, 3.05) is 0 Å². The molecule has 6 heteroatoms. The summed E-state index contributed by atoms with van der Waals surface area (Å²) in [5.41, 5.74) is 1.41. The van der Waals surface area contributed by atoms with Gasteiger partial charge in [0.15, 0.2) is 4.32 Å². The molecule has 2 heterocycles. The molecule has 0 amide bonds. The summed E-state index contributed by atoms with van der Waals surface area (Å²) in [4.78, 5) is 0. The molecule has 0 unspecified atom stereocenters. The van der Waals surface area contributed by atoms with Crippen LogP contribution < -0.4 is 0 Å². The summed E-state index contributed by atoms with van der Waals surface area (Å²) in [6.45, 7) is 7.66. The van der Waals surface area contributed by atoms with Crippen molar-refractivity contribution in [3.63, 3.8) is 0 Å². The van der Waals surface area contributed by atoms with Crippen molar-refractivity contribution >= 4 is 39.7 Å². The fourth-order valence-corrected chi connectivity index (χ4v) is 3.54. The molecule has 2 rings (SSSR count). The molecule has 1 fully saturated rings. The van der Waals surface area contributed by atoms with E-state index < -0.39 is 0 Å². The van der Waals surface area contributed by atoms with Crippen LogP contribution in [0.25, 0.3) is 0 Å². The Morgan fingerprint density at radius 2 is 2.13 bits per heavy atom. The molecule has 2 aliphatic heterocycles. The zero-order valence-corrected chi connectivity index (χ0v) is 10.8. The third-order valence-electron chi connectivity index (χ3n) is 2.72. The highest BCUT2D eigenvalue weighted by atomic mass is 32.2. The SMILES string of the molecule is CC1=NN2C(=S)SC(C)(C)[C@@H]2[N+]([O-])=C1C. The second-order valence-electron chi connectivity index (χ2n) is 4.29. The number of nitrogens with zero attached hydrogens (tertiary/aromatic N) is 3. The molecule has 0 radical (unpaired) electrons. The summed E-state index contributed by atoms with van der Waals surface area (Å²) in [7, 11) is 0. The highest BCUT2D eigenvalue weighted by Gasteiger charge is 2.53. The molecule has 15 heavy (non-hydrogen) atoms. The van der Waals surface area contributed by atoms with E-state index in [9.17, 15) is 5.21 Å². The molecular formula is C9H13N3OS2. The summed E-state index contributed by atoms with van der Waals surface area (Å²) in [5.74, 6) is 0. The Bertz CT molecular complexity index is 400. The standard InChI is InChI=1S/C9H13N3OS2/c1-5-6(2)12(13)7-9(3,4)15-8(14)11(7)10-5/h7H,1-4H3/t7-/m0/s1. The van der Waals surface area contributed by atoms with Crippen LogP contribution in [0, 0.1) is 5.21 Å². The van der Waals surface area contributed by atoms with Crippen molar-refractivity contribution in [2.24, 2.45) is 5.10 Å². The minimum atomic E-state index is -0.307. The third kappa shape index (κ3) is 1.47. The van der Waals surface area contributed by atoms with E-state index in [1.54, 1.807) is 11.9 Å². The smallest absolute Gasteiger partial charge is 0.273 e. The van der Waals surface area contributed by atoms with Gasteiger partial charge < -0.3 is 5.21 Å². The van der Waals surface area contributed by atoms with Crippen molar-refractivity contribution in [3.8, 4) is 0 Å². The van der Waals surface area contributed by atoms with Gasteiger partial charge in [-0.1, -0.05) is 24.0 Å². The highest BCUT2D eigenvalue weighted by Crippen LogP contribution is 2.42. The zero-order chi connectivity index (χ0) is 11.4. The molecule has 0 N–H and O–H groups in total. The van der Waals surface area contributed by atoms with Crippen molar-refractivity contribution in [2.45, 2.75) is 38.6 Å². The van der Waals surface area contributed by atoms with Gasteiger partial charge in [-0.2, -0.15) is 14.8 Å². The Hall–Kier alpha value is -0.620. The van der Waals surface area contributed by atoms with E-state index >= 15 is 0 Å². The van der Waals surface area contributed by atoms with Crippen molar-refractivity contribution in [1.82, 2.24) is 5.01 Å². The van der Waals surface area contributed by atoms with Crippen LogP contribution in [-0.2, 0) is 0 Å². The number of hydroxylamine groups is 1. The fraction of sp³-hybridized carbons (Fsp3) is 0.667. The first kappa shape index (κ1) is 10.9. The van der Waals surface area contributed by atoms with Crippen LogP contribution in [-0.4, -0.2) is 36.4 Å². The quantitative estimate of drug-likeness (QED) is 0.369. The monoisotopic (exact) mass is 243 g/mol. The van der Waals surface area contributed by atoms with Gasteiger partial charge in [-0.25, -0.2) is 0 Å². The van der Waals surface area contributed by atoms with E-state index in [0.717, 1.165) is 10.5 Å². The van der Waals surface area contributed by atoms with E-state index in [4.69, 9.17) is 12.2 Å². The van der Waals surface area contributed by atoms with Gasteiger partial charge >= 0.3 is 0 Å². The first-order valence-electron chi connectivity index (χ1n) is 4.72. The summed E-state index contributed by atoms with van der Waals surface area (Å²) < 4.78 is 1.48. The molecule has 0 bridgehead atoms. The van der Waals surface area contributed by atoms with E-state index in [0.29, 0.717) is 10.0 Å². The lowest BCUT2D eigenvalue weighted by molar-refractivity contribution is -0.529. The lowest BCUT2D eigenvalue weighted by atomic mass is 10.1. The molecule has 1 atom stereocenters. The Labute approximate surface area is 98.6 Å². The Morgan fingerprint density at radius 3 is 2.73 bits per heavy atom. The number of hydrogen-bond acceptors (Lipinski definition) is 4. The molecule has 0 saturated carbocycles. The largest absolute Gasteiger partial charge is 0.622 e. The van der Waals surface area contributed by atoms with E-state index in [1.165, 1.54) is 11.8 Å². The number of thiocarbonyl (C=S) groups is 1. The van der Waals surface area contributed by atoms with Gasteiger partial charge in [-0.05, 0) is 20.8 Å². The normalized spacial score (nSPS) is 29.3. The summed E-state index contributed by atoms with van der Waals surface area (Å²) in [5, 5.41) is 18.1. The highest BCUT2D eigenvalue weighted by molar-refractivity contribution is 8.24.